The Labute approximate surface area is 384 Å². The molecule has 64 heavy (non-hydrogen) atoms. The molecule has 0 unspecified atom stereocenters. The summed E-state index contributed by atoms with van der Waals surface area (Å²) in [5.41, 5.74) is 4.89. The van der Waals surface area contributed by atoms with Crippen LogP contribution in [0.2, 0.25) is 10.3 Å². The van der Waals surface area contributed by atoms with Crippen LogP contribution in [0.4, 0.5) is 0 Å². The van der Waals surface area contributed by atoms with Crippen LogP contribution in [0.3, 0.4) is 0 Å². The largest absolute Gasteiger partial charge is 0.489 e. The number of halogens is 2. The third kappa shape index (κ3) is 16.5. The quantitative estimate of drug-likeness (QED) is 0.0432. The number of rotatable bonds is 20. The number of aryl methyl sites for hydroxylation is 1. The summed E-state index contributed by atoms with van der Waals surface area (Å²) in [6, 6.07) is 18.0. The van der Waals surface area contributed by atoms with Crippen molar-refractivity contribution in [1.82, 2.24) is 39.9 Å². The smallest absolute Gasteiger partial charge is 0.478 e. The summed E-state index contributed by atoms with van der Waals surface area (Å²) in [5, 5.41) is 36.2. The maximum absolute atomic E-state index is 9.47. The number of unbranched alkanes of at least 4 members (excludes halogenated alkanes) is 6. The molecule has 2 aromatic carbocycles. The number of aliphatic hydroxyl groups excluding tert-OH is 2. The molecule has 6 aromatic rings. The van der Waals surface area contributed by atoms with Crippen molar-refractivity contribution in [3.8, 4) is 57.9 Å². The first kappa shape index (κ1) is 51.1. The molecule has 4 heterocycles. The van der Waals surface area contributed by atoms with Gasteiger partial charge in [-0.3, -0.25) is 0 Å². The van der Waals surface area contributed by atoms with Gasteiger partial charge in [0, 0.05) is 51.7 Å². The minimum Gasteiger partial charge on any atom is -0.478 e. The van der Waals surface area contributed by atoms with Crippen LogP contribution in [0.15, 0.2) is 73.1 Å². The van der Waals surface area contributed by atoms with E-state index in [0.29, 0.717) is 48.0 Å². The van der Waals surface area contributed by atoms with Gasteiger partial charge in [0.2, 0.25) is 17.0 Å². The third-order valence-corrected chi connectivity index (χ3v) is 9.81. The van der Waals surface area contributed by atoms with Crippen LogP contribution < -0.4 is 24.4 Å². The van der Waals surface area contributed by atoms with Crippen LogP contribution in [0, 0.1) is 6.92 Å². The second kappa shape index (κ2) is 27.6. The first-order chi connectivity index (χ1) is 31.0. The molecule has 6 rings (SSSR count). The number of methoxy groups -OCH3 is 2. The first-order valence-electron chi connectivity index (χ1n) is 20.9. The van der Waals surface area contributed by atoms with Crippen LogP contribution in [-0.4, -0.2) is 94.7 Å². The van der Waals surface area contributed by atoms with E-state index in [9.17, 15) is 5.11 Å². The highest BCUT2D eigenvalue weighted by Crippen LogP contribution is 2.27. The van der Waals surface area contributed by atoms with Gasteiger partial charge >= 0.3 is 19.1 Å². The van der Waals surface area contributed by atoms with E-state index in [1.165, 1.54) is 64.9 Å². The maximum Gasteiger partial charge on any atom is 0.489 e. The average molecular weight is 918 g/mol. The van der Waals surface area contributed by atoms with Gasteiger partial charge in [-0.05, 0) is 72.3 Å². The predicted molar refractivity (Wildman–Crippen MR) is 247 cm³/mol. The summed E-state index contributed by atoms with van der Waals surface area (Å²) in [7, 11) is 1.40. The topological polar surface area (TPSA) is 221 Å². The summed E-state index contributed by atoms with van der Waals surface area (Å²) < 4.78 is 21.6. The van der Waals surface area contributed by atoms with Gasteiger partial charge in [0.15, 0.2) is 17.5 Å². The molecule has 0 atom stereocenters. The van der Waals surface area contributed by atoms with Crippen LogP contribution in [0.25, 0.3) is 34.2 Å². The van der Waals surface area contributed by atoms with Crippen molar-refractivity contribution in [2.75, 3.05) is 27.4 Å². The fourth-order valence-corrected chi connectivity index (χ4v) is 6.12. The summed E-state index contributed by atoms with van der Waals surface area (Å²) >= 11 is 11.5. The fourth-order valence-electron chi connectivity index (χ4n) is 5.75. The van der Waals surface area contributed by atoms with Crippen molar-refractivity contribution in [2.24, 2.45) is 0 Å². The molecule has 0 saturated heterocycles. The van der Waals surface area contributed by atoms with Crippen molar-refractivity contribution in [1.29, 1.82) is 0 Å². The SMILES string of the molecule is CCCCCCOc1ccc(-c2nc(Cl)nc(OC)n2)cn1.CCCCCCOc1ccc(-c2nc(OC)nc(-c3cc(CO)ccc3C)n2)cn1.OCc1ccc(Cl)c(B(O)O)c1. The summed E-state index contributed by atoms with van der Waals surface area (Å²) in [5.74, 6) is 2.54. The minimum absolute atomic E-state index is 0.0494. The molecule has 340 valence electrons. The highest BCUT2D eigenvalue weighted by atomic mass is 35.5. The summed E-state index contributed by atoms with van der Waals surface area (Å²) in [6.45, 7) is 7.49. The van der Waals surface area contributed by atoms with Gasteiger partial charge in [-0.1, -0.05) is 88.2 Å². The van der Waals surface area contributed by atoms with E-state index in [2.05, 4.69) is 53.7 Å². The van der Waals surface area contributed by atoms with Gasteiger partial charge in [-0.25, -0.2) is 15.0 Å². The number of aliphatic hydroxyl groups is 2. The molecule has 0 aliphatic rings. The number of pyridine rings is 2. The molecule has 0 spiro atoms. The molecule has 0 amide bonds. The highest BCUT2D eigenvalue weighted by molar-refractivity contribution is 6.62. The Hall–Kier alpha value is -5.56. The standard InChI is InChI=1S/C23H28N4O3.C15H19ClN4O2.C7H8BClO3/c1-4-5-6-7-12-30-20-11-10-18(14-24-20)21-25-22(27-23(26-21)29-3)19-13-17(15-28)9-8-16(19)2;1-3-4-5-6-9-22-12-8-7-11(10-17-12)13-18-14(16)20-15(19-13)21-2;9-7-2-1-5(4-10)3-6(7)8(11)12/h8-11,13-14,28H,4-7,12,15H2,1-3H3;7-8,10H,3-6,9H2,1-2H3;1-3,10-12H,4H2. The second-order valence-electron chi connectivity index (χ2n) is 14.2. The van der Waals surface area contributed by atoms with E-state index in [-0.39, 0.29) is 41.0 Å². The van der Waals surface area contributed by atoms with Crippen LogP contribution in [0.1, 0.15) is 81.9 Å². The molecule has 0 saturated carbocycles. The molecule has 4 aromatic heterocycles. The molecular weight excluding hydrogens is 862 g/mol. The Balaban J connectivity index is 0.000000230. The number of hydrogen-bond acceptors (Lipinski definition) is 16. The van der Waals surface area contributed by atoms with E-state index in [1.807, 2.05) is 43.3 Å². The Kier molecular flexibility index (Phi) is 22.0. The Morgan fingerprint density at radius 3 is 1.59 bits per heavy atom. The van der Waals surface area contributed by atoms with Crippen molar-refractivity contribution < 1.29 is 39.2 Å². The molecule has 0 fully saturated rings. The lowest BCUT2D eigenvalue weighted by Gasteiger charge is -2.10. The zero-order chi connectivity index (χ0) is 46.3. The lowest BCUT2D eigenvalue weighted by atomic mass is 9.79. The predicted octanol–water partition coefficient (Wildman–Crippen LogP) is 7.44. The van der Waals surface area contributed by atoms with E-state index in [4.69, 9.17) is 57.3 Å². The third-order valence-electron chi connectivity index (χ3n) is 9.30. The fraction of sp³-hybridized carbons (Fsp3) is 0.378. The number of ether oxygens (including phenoxy) is 4. The van der Waals surface area contributed by atoms with Gasteiger partial charge in [-0.15, -0.1) is 0 Å². The van der Waals surface area contributed by atoms with Crippen LogP contribution in [-0.2, 0) is 13.2 Å². The molecular formula is C45H55BCl2N8O8. The number of benzene rings is 2. The minimum atomic E-state index is -1.59. The van der Waals surface area contributed by atoms with Crippen molar-refractivity contribution in [2.45, 2.75) is 85.4 Å². The number of nitrogens with zero attached hydrogens (tertiary/aromatic N) is 8. The van der Waals surface area contributed by atoms with Gasteiger partial charge < -0.3 is 39.2 Å². The Bertz CT molecular complexity index is 2320. The van der Waals surface area contributed by atoms with Gasteiger partial charge in [0.25, 0.3) is 0 Å². The van der Waals surface area contributed by atoms with Gasteiger partial charge in [0.1, 0.15) is 0 Å². The second-order valence-corrected chi connectivity index (χ2v) is 14.9. The molecule has 4 N–H and O–H groups in total. The maximum atomic E-state index is 9.47. The molecule has 16 nitrogen and oxygen atoms in total. The van der Waals surface area contributed by atoms with Crippen molar-refractivity contribution in [3.05, 3.63) is 100 Å². The summed E-state index contributed by atoms with van der Waals surface area (Å²) in [4.78, 5) is 34.1. The number of hydrogen-bond donors (Lipinski definition) is 4. The Morgan fingerprint density at radius 2 is 1.09 bits per heavy atom. The van der Waals surface area contributed by atoms with Crippen molar-refractivity contribution in [3.63, 3.8) is 0 Å². The first-order valence-corrected chi connectivity index (χ1v) is 21.7. The highest BCUT2D eigenvalue weighted by Gasteiger charge is 2.16. The van der Waals surface area contributed by atoms with E-state index >= 15 is 0 Å². The molecule has 0 aliphatic carbocycles. The zero-order valence-electron chi connectivity index (χ0n) is 36.7. The van der Waals surface area contributed by atoms with E-state index < -0.39 is 7.12 Å². The molecule has 0 bridgehead atoms. The zero-order valence-corrected chi connectivity index (χ0v) is 38.3. The van der Waals surface area contributed by atoms with Gasteiger partial charge in [-0.2, -0.15) is 24.9 Å². The molecule has 0 radical (unpaired) electrons. The monoisotopic (exact) mass is 916 g/mol. The summed E-state index contributed by atoms with van der Waals surface area (Å²) in [6.07, 6.45) is 12.6. The van der Waals surface area contributed by atoms with Crippen molar-refractivity contribution >= 4 is 35.8 Å². The normalized spacial score (nSPS) is 10.5. The average Bonchev–Trinajstić information content (AvgIpc) is 3.32. The molecule has 19 heteroatoms. The van der Waals surface area contributed by atoms with Crippen LogP contribution >= 0.6 is 23.2 Å². The van der Waals surface area contributed by atoms with E-state index in [1.54, 1.807) is 24.5 Å². The lowest BCUT2D eigenvalue weighted by molar-refractivity contribution is 0.281. The number of aromatic nitrogens is 8. The van der Waals surface area contributed by atoms with E-state index in [0.717, 1.165) is 40.7 Å². The van der Waals surface area contributed by atoms with Gasteiger partial charge in [0.05, 0.1) is 40.6 Å². The van der Waals surface area contributed by atoms with Crippen LogP contribution in [0.5, 0.6) is 23.8 Å². The lowest BCUT2D eigenvalue weighted by Crippen LogP contribution is -2.31. The Morgan fingerprint density at radius 1 is 0.578 bits per heavy atom. The molecule has 0 aliphatic heterocycles.